The van der Waals surface area contributed by atoms with Crippen LogP contribution in [0.1, 0.15) is 53.1 Å². The van der Waals surface area contributed by atoms with Crippen molar-refractivity contribution >= 4 is 5.97 Å². The topological polar surface area (TPSA) is 116 Å². The first-order valence-electron chi connectivity index (χ1n) is 14.0. The lowest BCUT2D eigenvalue weighted by molar-refractivity contribution is 0.0689. The Kier molecular flexibility index (Phi) is 9.25. The number of ether oxygens (including phenoxy) is 4. The van der Waals surface area contributed by atoms with Crippen molar-refractivity contribution in [1.29, 1.82) is 0 Å². The Morgan fingerprint density at radius 3 is 2.02 bits per heavy atom. The number of unbranched alkanes of at least 4 members (excludes halogenated alkanes) is 1. The normalized spacial score (nSPS) is 12.8. The lowest BCUT2D eigenvalue weighted by Crippen LogP contribution is -2.25. The van der Waals surface area contributed by atoms with Gasteiger partial charge in [0.1, 0.15) is 5.82 Å². The molecule has 0 unspecified atom stereocenters. The molecule has 42 heavy (non-hydrogen) atoms. The van der Waals surface area contributed by atoms with Crippen LogP contribution in [0.2, 0.25) is 0 Å². The van der Waals surface area contributed by atoms with Gasteiger partial charge in [-0.25, -0.2) is 9.78 Å². The second kappa shape index (κ2) is 13.4. The number of imidazole rings is 1. The van der Waals surface area contributed by atoms with Gasteiger partial charge < -0.3 is 39.3 Å². The number of carbonyl (C=O) groups is 1. The lowest BCUT2D eigenvalue weighted by atomic mass is 9.97. The highest BCUT2D eigenvalue weighted by atomic mass is 16.7. The molecule has 220 valence electrons. The molecule has 3 aromatic carbocycles. The summed E-state index contributed by atoms with van der Waals surface area (Å²) in [6.45, 7) is 3.42. The van der Waals surface area contributed by atoms with E-state index in [2.05, 4.69) is 22.5 Å². The van der Waals surface area contributed by atoms with Crippen molar-refractivity contribution in [1.82, 2.24) is 20.2 Å². The summed E-state index contributed by atoms with van der Waals surface area (Å²) in [7, 11) is 3.75. The number of hydrogen-bond acceptors (Lipinski definition) is 8. The van der Waals surface area contributed by atoms with Gasteiger partial charge in [-0.15, -0.1) is 0 Å². The van der Waals surface area contributed by atoms with Crippen LogP contribution < -0.4 is 29.6 Å². The van der Waals surface area contributed by atoms with Crippen LogP contribution in [0.25, 0.3) is 11.4 Å². The predicted octanol–water partition coefficient (Wildman–Crippen LogP) is 5.22. The second-order valence-electron chi connectivity index (χ2n) is 9.95. The van der Waals surface area contributed by atoms with Gasteiger partial charge in [0, 0.05) is 18.7 Å². The van der Waals surface area contributed by atoms with Crippen LogP contribution in [-0.4, -0.2) is 48.3 Å². The van der Waals surface area contributed by atoms with E-state index in [1.165, 1.54) is 0 Å². The molecular formula is C32H36N4O6. The summed E-state index contributed by atoms with van der Waals surface area (Å²) in [5.41, 5.74) is 3.44. The van der Waals surface area contributed by atoms with E-state index in [1.807, 2.05) is 85.4 Å². The molecule has 3 heterocycles. The maximum absolute atomic E-state index is 12.4. The van der Waals surface area contributed by atoms with Crippen molar-refractivity contribution in [3.8, 4) is 34.4 Å². The Morgan fingerprint density at radius 1 is 0.905 bits per heavy atom. The minimum Gasteiger partial charge on any atom is -0.476 e. The van der Waals surface area contributed by atoms with E-state index in [-0.39, 0.29) is 31.9 Å². The Morgan fingerprint density at radius 2 is 1.48 bits per heavy atom. The predicted molar refractivity (Wildman–Crippen MR) is 158 cm³/mol. The molecule has 10 heteroatoms. The molecule has 10 nitrogen and oxygen atoms in total. The number of nitrogens with zero attached hydrogens (tertiary/aromatic N) is 2. The number of hydrogen-bond donors (Lipinski definition) is 3. The van der Waals surface area contributed by atoms with Gasteiger partial charge in [0.15, 0.2) is 28.7 Å². The van der Waals surface area contributed by atoms with Crippen LogP contribution in [0.4, 0.5) is 0 Å². The van der Waals surface area contributed by atoms with Crippen molar-refractivity contribution in [3.63, 3.8) is 0 Å². The number of aromatic nitrogens is 2. The molecule has 0 saturated carbocycles. The lowest BCUT2D eigenvalue weighted by Gasteiger charge is -2.22. The standard InChI is InChI=1S/C30H29N3O6.C2H7N/c1-2-3-13-33-22(28(30(34)35)32-29(33)19-7-5-4-6-8-19)16-31-27(20-9-11-23-25(14-20)38-17-36-23)21-10-12-24-26(15-21)39-18-37-24;1-3-2/h4-12,14-15,27,31H,2-3,13,16-18H2,1H3,(H,34,35);3H,1-2H3. The Balaban J connectivity index is 0.00000113. The fourth-order valence-electron chi connectivity index (χ4n) is 5.01. The molecule has 2 aliphatic rings. The van der Waals surface area contributed by atoms with Crippen molar-refractivity contribution in [3.05, 3.63) is 89.2 Å². The molecule has 0 spiro atoms. The van der Waals surface area contributed by atoms with Gasteiger partial charge in [-0.05, 0) is 55.9 Å². The van der Waals surface area contributed by atoms with Crippen LogP contribution in [0.3, 0.4) is 0 Å². The van der Waals surface area contributed by atoms with E-state index in [1.54, 1.807) is 0 Å². The fourth-order valence-corrected chi connectivity index (χ4v) is 5.01. The summed E-state index contributed by atoms with van der Waals surface area (Å²) in [6.07, 6.45) is 1.87. The molecule has 1 aromatic heterocycles. The molecule has 0 amide bonds. The molecule has 0 radical (unpaired) electrons. The molecule has 2 aliphatic heterocycles. The molecule has 0 saturated heterocycles. The third-order valence-corrected chi connectivity index (χ3v) is 6.98. The number of aromatic carboxylic acids is 1. The average molecular weight is 573 g/mol. The molecule has 4 aromatic rings. The number of nitrogens with one attached hydrogen (secondary N) is 2. The molecule has 3 N–H and O–H groups in total. The smallest absolute Gasteiger partial charge is 0.356 e. The van der Waals surface area contributed by atoms with Crippen LogP contribution in [0, 0.1) is 0 Å². The number of carboxylic acid groups (broad SMARTS) is 1. The van der Waals surface area contributed by atoms with Crippen molar-refractivity contribution in [2.24, 2.45) is 0 Å². The first-order chi connectivity index (χ1) is 20.5. The fraction of sp³-hybridized carbons (Fsp3) is 0.312. The third-order valence-electron chi connectivity index (χ3n) is 6.98. The van der Waals surface area contributed by atoms with Crippen LogP contribution in [0.5, 0.6) is 23.0 Å². The summed E-state index contributed by atoms with van der Waals surface area (Å²) >= 11 is 0. The Bertz CT molecular complexity index is 1460. The minimum atomic E-state index is -1.05. The van der Waals surface area contributed by atoms with Gasteiger partial charge in [-0.1, -0.05) is 55.8 Å². The number of fused-ring (bicyclic) bond motifs is 2. The second-order valence-corrected chi connectivity index (χ2v) is 9.95. The van der Waals surface area contributed by atoms with E-state index in [0.29, 0.717) is 41.1 Å². The average Bonchev–Trinajstić information content (AvgIpc) is 3.75. The van der Waals surface area contributed by atoms with E-state index in [0.717, 1.165) is 29.5 Å². The molecule has 0 aliphatic carbocycles. The van der Waals surface area contributed by atoms with Gasteiger partial charge in [-0.2, -0.15) is 0 Å². The zero-order chi connectivity index (χ0) is 29.5. The largest absolute Gasteiger partial charge is 0.476 e. The van der Waals surface area contributed by atoms with Gasteiger partial charge in [0.05, 0.1) is 11.7 Å². The highest BCUT2D eigenvalue weighted by Crippen LogP contribution is 2.39. The van der Waals surface area contributed by atoms with Crippen molar-refractivity contribution in [2.75, 3.05) is 27.7 Å². The summed E-state index contributed by atoms with van der Waals surface area (Å²) in [5, 5.41) is 16.5. The maximum atomic E-state index is 12.4. The molecule has 6 rings (SSSR count). The highest BCUT2D eigenvalue weighted by molar-refractivity contribution is 5.88. The van der Waals surface area contributed by atoms with Gasteiger partial charge in [0.25, 0.3) is 0 Å². The SMILES string of the molecule is CCCCn1c(-c2ccccc2)nc(C(=O)O)c1CNC(c1ccc2c(c1)OCO2)c1ccc2c(c1)OCO2.CNC. The first kappa shape index (κ1) is 29.0. The number of rotatable bonds is 10. The third kappa shape index (κ3) is 6.19. The zero-order valence-corrected chi connectivity index (χ0v) is 24.1. The maximum Gasteiger partial charge on any atom is 0.356 e. The molecule has 0 atom stereocenters. The van der Waals surface area contributed by atoms with Crippen molar-refractivity contribution < 1.29 is 28.8 Å². The van der Waals surface area contributed by atoms with Crippen LogP contribution >= 0.6 is 0 Å². The van der Waals surface area contributed by atoms with Crippen LogP contribution in [-0.2, 0) is 13.1 Å². The molecular weight excluding hydrogens is 536 g/mol. The van der Waals surface area contributed by atoms with Gasteiger partial charge >= 0.3 is 5.97 Å². The van der Waals surface area contributed by atoms with E-state index in [9.17, 15) is 9.90 Å². The van der Waals surface area contributed by atoms with E-state index >= 15 is 0 Å². The zero-order valence-electron chi connectivity index (χ0n) is 24.1. The highest BCUT2D eigenvalue weighted by Gasteiger charge is 2.26. The van der Waals surface area contributed by atoms with Gasteiger partial charge in [-0.3, -0.25) is 0 Å². The minimum absolute atomic E-state index is 0.0487. The van der Waals surface area contributed by atoms with Crippen LogP contribution in [0.15, 0.2) is 66.7 Å². The monoisotopic (exact) mass is 572 g/mol. The summed E-state index contributed by atoms with van der Waals surface area (Å²) < 4.78 is 24.3. The molecule has 0 fully saturated rings. The van der Waals surface area contributed by atoms with Gasteiger partial charge in [0.2, 0.25) is 13.6 Å². The Hall–Kier alpha value is -4.54. The number of carboxylic acids is 1. The number of benzene rings is 3. The summed E-state index contributed by atoms with van der Waals surface area (Å²) in [5.74, 6) is 2.34. The first-order valence-corrected chi connectivity index (χ1v) is 14.0. The van der Waals surface area contributed by atoms with E-state index < -0.39 is 5.97 Å². The van der Waals surface area contributed by atoms with E-state index in [4.69, 9.17) is 18.9 Å². The summed E-state index contributed by atoms with van der Waals surface area (Å²) in [4.78, 5) is 17.0. The van der Waals surface area contributed by atoms with Crippen molar-refractivity contribution in [2.45, 2.75) is 38.9 Å². The summed E-state index contributed by atoms with van der Waals surface area (Å²) in [6, 6.07) is 21.1. The quantitative estimate of drug-likeness (QED) is 0.235. The molecule has 0 bridgehead atoms. The Labute approximate surface area is 245 Å².